The number of benzene rings is 2. The number of hydrogen-bond donors (Lipinski definition) is 0. The average molecular weight is 471 g/mol. The van der Waals surface area contributed by atoms with Crippen LogP contribution in [-0.2, 0) is 17.6 Å². The summed E-state index contributed by atoms with van der Waals surface area (Å²) >= 11 is 0. The summed E-state index contributed by atoms with van der Waals surface area (Å²) in [6.45, 7) is 2.30. The normalized spacial score (nSPS) is 13.4. The number of amides is 1. The Hall–Kier alpha value is -3.26. The maximum Gasteiger partial charge on any atom is 0.227 e. The number of likely N-dealkylation sites (N-methyl/N-ethyl adjacent to an activating group) is 1. The van der Waals surface area contributed by atoms with Gasteiger partial charge in [-0.05, 0) is 67.9 Å². The zero-order valence-corrected chi connectivity index (χ0v) is 20.7. The first-order chi connectivity index (χ1) is 16.4. The quantitative estimate of drug-likeness (QED) is 0.468. The molecule has 0 spiro atoms. The third kappa shape index (κ3) is 5.99. The summed E-state index contributed by atoms with van der Waals surface area (Å²) in [5.41, 5.74) is 2.68. The number of carbonyl (C=O) groups excluding carboxylic acids is 2. The van der Waals surface area contributed by atoms with Crippen LogP contribution in [0.25, 0.3) is 0 Å². The first-order valence-corrected chi connectivity index (χ1v) is 11.4. The molecule has 2 aromatic rings. The van der Waals surface area contributed by atoms with E-state index in [-0.39, 0.29) is 18.2 Å². The van der Waals surface area contributed by atoms with E-state index in [1.165, 1.54) is 0 Å². The first-order valence-electron chi connectivity index (χ1n) is 11.4. The molecule has 1 heterocycles. The number of ether oxygens (including phenoxy) is 4. The predicted molar refractivity (Wildman–Crippen MR) is 130 cm³/mol. The van der Waals surface area contributed by atoms with Gasteiger partial charge in [-0.15, -0.1) is 0 Å². The molecule has 1 aliphatic rings. The molecule has 0 radical (unpaired) electrons. The van der Waals surface area contributed by atoms with Crippen molar-refractivity contribution in [2.75, 3.05) is 61.7 Å². The van der Waals surface area contributed by atoms with Crippen molar-refractivity contribution >= 4 is 11.7 Å². The van der Waals surface area contributed by atoms with Crippen LogP contribution in [0.5, 0.6) is 23.0 Å². The Kier molecular flexibility index (Phi) is 8.76. The van der Waals surface area contributed by atoms with Crippen LogP contribution in [0.4, 0.5) is 0 Å². The second-order valence-corrected chi connectivity index (χ2v) is 8.37. The summed E-state index contributed by atoms with van der Waals surface area (Å²) in [5.74, 6) is 2.56. The van der Waals surface area contributed by atoms with E-state index in [1.54, 1.807) is 46.6 Å². The molecule has 184 valence electrons. The zero-order valence-electron chi connectivity index (χ0n) is 20.7. The van der Waals surface area contributed by atoms with Gasteiger partial charge in [0.05, 0.1) is 41.4 Å². The van der Waals surface area contributed by atoms with Gasteiger partial charge < -0.3 is 23.8 Å². The Morgan fingerprint density at radius 1 is 0.912 bits per heavy atom. The molecule has 34 heavy (non-hydrogen) atoms. The Bertz CT molecular complexity index is 1020. The first kappa shape index (κ1) is 25.4. The topological polar surface area (TPSA) is 77.5 Å². The molecule has 2 aromatic carbocycles. The average Bonchev–Trinajstić information content (AvgIpc) is 3.00. The van der Waals surface area contributed by atoms with Crippen LogP contribution >= 0.6 is 0 Å². The summed E-state index contributed by atoms with van der Waals surface area (Å²) in [7, 11) is 8.24. The van der Waals surface area contributed by atoms with Gasteiger partial charge in [0.25, 0.3) is 0 Å². The van der Waals surface area contributed by atoms with Crippen molar-refractivity contribution in [3.8, 4) is 23.0 Å². The molecule has 0 bridgehead atoms. The van der Waals surface area contributed by atoms with Gasteiger partial charge in [-0.25, -0.2) is 0 Å². The molecular weight excluding hydrogens is 436 g/mol. The molecule has 1 aliphatic heterocycles. The monoisotopic (exact) mass is 470 g/mol. The number of fused-ring (bicyclic) bond motifs is 1. The highest BCUT2D eigenvalue weighted by Gasteiger charge is 2.22. The minimum absolute atomic E-state index is 0.00708. The van der Waals surface area contributed by atoms with Crippen molar-refractivity contribution in [3.63, 3.8) is 0 Å². The van der Waals surface area contributed by atoms with Crippen LogP contribution in [0.3, 0.4) is 0 Å². The third-order valence-electron chi connectivity index (χ3n) is 6.14. The zero-order chi connectivity index (χ0) is 24.7. The van der Waals surface area contributed by atoms with Crippen LogP contribution in [0.2, 0.25) is 0 Å². The van der Waals surface area contributed by atoms with E-state index in [0.717, 1.165) is 24.0 Å². The molecule has 0 saturated carbocycles. The second-order valence-electron chi connectivity index (χ2n) is 8.37. The fourth-order valence-corrected chi connectivity index (χ4v) is 4.21. The molecule has 0 saturated heterocycles. The van der Waals surface area contributed by atoms with Gasteiger partial charge in [0.15, 0.2) is 28.8 Å². The highest BCUT2D eigenvalue weighted by atomic mass is 16.5. The molecule has 0 aliphatic carbocycles. The highest BCUT2D eigenvalue weighted by molar-refractivity contribution is 5.98. The molecule has 1 amide bonds. The van der Waals surface area contributed by atoms with Crippen molar-refractivity contribution in [2.24, 2.45) is 0 Å². The molecule has 8 nitrogen and oxygen atoms in total. The Morgan fingerprint density at radius 3 is 2.18 bits per heavy atom. The predicted octanol–water partition coefficient (Wildman–Crippen LogP) is 2.85. The number of Topliss-reactive ketones (excluding diaryl/α,β-unsaturated/α-hetero) is 1. The molecular formula is C26H34N2O6. The largest absolute Gasteiger partial charge is 0.493 e. The standard InChI is InChI=1S/C26H34N2O6/c1-27(17-21(29)19-7-8-22(31-2)23(14-19)32-3)10-6-11-28-12-9-18-13-24(33-4)25(34-5)15-20(18)16-26(28)30/h7-8,13-15H,6,9-12,16-17H2,1-5H3. The maximum atomic E-state index is 12.8. The van der Waals surface area contributed by atoms with Crippen LogP contribution in [0.15, 0.2) is 30.3 Å². The van der Waals surface area contributed by atoms with Crippen molar-refractivity contribution in [1.29, 1.82) is 0 Å². The van der Waals surface area contributed by atoms with E-state index in [4.69, 9.17) is 18.9 Å². The van der Waals surface area contributed by atoms with Gasteiger partial charge in [0.2, 0.25) is 5.91 Å². The number of carbonyl (C=O) groups is 2. The number of rotatable bonds is 11. The van der Waals surface area contributed by atoms with E-state index in [1.807, 2.05) is 29.0 Å². The second kappa shape index (κ2) is 11.7. The molecule has 0 fully saturated rings. The van der Waals surface area contributed by atoms with Gasteiger partial charge in [-0.3, -0.25) is 14.5 Å². The summed E-state index contributed by atoms with van der Waals surface area (Å²) < 4.78 is 21.3. The van der Waals surface area contributed by atoms with Gasteiger partial charge in [-0.2, -0.15) is 0 Å². The lowest BCUT2D eigenvalue weighted by Crippen LogP contribution is -2.35. The number of hydrogen-bond acceptors (Lipinski definition) is 7. The van der Waals surface area contributed by atoms with Crippen LogP contribution in [0, 0.1) is 0 Å². The van der Waals surface area contributed by atoms with E-state index in [2.05, 4.69) is 0 Å². The summed E-state index contributed by atoms with van der Waals surface area (Å²) in [6, 6.07) is 9.06. The molecule has 0 atom stereocenters. The maximum absolute atomic E-state index is 12.8. The Balaban J connectivity index is 1.52. The van der Waals surface area contributed by atoms with Gasteiger partial charge in [-0.1, -0.05) is 0 Å². The van der Waals surface area contributed by atoms with Crippen molar-refractivity contribution in [2.45, 2.75) is 19.3 Å². The van der Waals surface area contributed by atoms with E-state index < -0.39 is 0 Å². The fourth-order valence-electron chi connectivity index (χ4n) is 4.21. The van der Waals surface area contributed by atoms with Crippen molar-refractivity contribution in [1.82, 2.24) is 9.80 Å². The Morgan fingerprint density at radius 2 is 1.53 bits per heavy atom. The third-order valence-corrected chi connectivity index (χ3v) is 6.14. The van der Waals surface area contributed by atoms with E-state index in [9.17, 15) is 9.59 Å². The molecule has 0 aromatic heterocycles. The van der Waals surface area contributed by atoms with Gasteiger partial charge >= 0.3 is 0 Å². The van der Waals surface area contributed by atoms with E-state index >= 15 is 0 Å². The van der Waals surface area contributed by atoms with Gasteiger partial charge in [0, 0.05) is 18.7 Å². The highest BCUT2D eigenvalue weighted by Crippen LogP contribution is 2.32. The fraction of sp³-hybridized carbons (Fsp3) is 0.462. The minimum Gasteiger partial charge on any atom is -0.493 e. The lowest BCUT2D eigenvalue weighted by molar-refractivity contribution is -0.130. The SMILES string of the molecule is COc1ccc(C(=O)CN(C)CCCN2CCc3cc(OC)c(OC)cc3CC2=O)cc1OC. The molecule has 0 N–H and O–H groups in total. The van der Waals surface area contributed by atoms with Crippen LogP contribution < -0.4 is 18.9 Å². The molecule has 0 unspecified atom stereocenters. The minimum atomic E-state index is 0.00708. The summed E-state index contributed by atoms with van der Waals surface area (Å²) in [6.07, 6.45) is 1.91. The number of ketones is 1. The lowest BCUT2D eigenvalue weighted by Gasteiger charge is -2.22. The number of nitrogens with zero attached hydrogens (tertiary/aromatic N) is 2. The summed E-state index contributed by atoms with van der Waals surface area (Å²) in [5, 5.41) is 0. The summed E-state index contributed by atoms with van der Waals surface area (Å²) in [4.78, 5) is 29.4. The van der Waals surface area contributed by atoms with Crippen molar-refractivity contribution in [3.05, 3.63) is 47.0 Å². The Labute approximate surface area is 201 Å². The lowest BCUT2D eigenvalue weighted by atomic mass is 10.0. The smallest absolute Gasteiger partial charge is 0.227 e. The molecule has 8 heteroatoms. The van der Waals surface area contributed by atoms with Crippen LogP contribution in [-0.4, -0.2) is 83.2 Å². The number of methoxy groups -OCH3 is 4. The van der Waals surface area contributed by atoms with Crippen LogP contribution in [0.1, 0.15) is 27.9 Å². The van der Waals surface area contributed by atoms with Gasteiger partial charge in [0.1, 0.15) is 0 Å². The molecule has 3 rings (SSSR count). The van der Waals surface area contributed by atoms with Crippen molar-refractivity contribution < 1.29 is 28.5 Å². The van der Waals surface area contributed by atoms with E-state index in [0.29, 0.717) is 54.6 Å².